The number of aromatic hydroxyl groups is 1. The lowest BCUT2D eigenvalue weighted by molar-refractivity contribution is -0.116. The van der Waals surface area contributed by atoms with Crippen LogP contribution in [0.3, 0.4) is 0 Å². The summed E-state index contributed by atoms with van der Waals surface area (Å²) in [5.74, 6) is 0.177. The van der Waals surface area contributed by atoms with Gasteiger partial charge in [-0.25, -0.2) is 0 Å². The van der Waals surface area contributed by atoms with Gasteiger partial charge in [0.25, 0.3) is 0 Å². The summed E-state index contributed by atoms with van der Waals surface area (Å²) in [4.78, 5) is 11.5. The van der Waals surface area contributed by atoms with E-state index in [4.69, 9.17) is 0 Å². The van der Waals surface area contributed by atoms with E-state index in [0.717, 1.165) is 4.90 Å². The van der Waals surface area contributed by atoms with Crippen molar-refractivity contribution in [2.24, 2.45) is 0 Å². The lowest BCUT2D eigenvalue weighted by Gasteiger charge is -2.10. The van der Waals surface area contributed by atoms with E-state index in [1.807, 2.05) is 18.4 Å². The quantitative estimate of drug-likeness (QED) is 0.680. The Balaban J connectivity index is 3.15. The molecule has 0 amide bonds. The van der Waals surface area contributed by atoms with Gasteiger partial charge in [0.1, 0.15) is 16.4 Å². The number of phenolic OH excluding ortho intramolecular Hbond substituents is 1. The molecule has 14 heavy (non-hydrogen) atoms. The second-order valence-corrected chi connectivity index (χ2v) is 4.64. The highest BCUT2D eigenvalue weighted by molar-refractivity contribution is 9.09. The zero-order valence-corrected chi connectivity index (χ0v) is 10.4. The molecule has 76 valence electrons. The Hall–Kier alpha value is -0.480. The molecule has 0 aliphatic carbocycles. The predicted molar refractivity (Wildman–Crippen MR) is 62.2 cm³/mol. The Morgan fingerprint density at radius 3 is 2.71 bits per heavy atom. The molecule has 0 saturated heterocycles. The molecule has 0 fully saturated rings. The molecule has 2 nitrogen and oxygen atoms in total. The fourth-order valence-corrected chi connectivity index (χ4v) is 2.02. The van der Waals surface area contributed by atoms with Crippen molar-refractivity contribution < 1.29 is 9.90 Å². The molecule has 1 aromatic rings. The van der Waals surface area contributed by atoms with Crippen molar-refractivity contribution in [1.82, 2.24) is 0 Å². The minimum atomic E-state index is -0.422. The number of phenols is 1. The van der Waals surface area contributed by atoms with E-state index in [2.05, 4.69) is 15.9 Å². The van der Waals surface area contributed by atoms with Gasteiger partial charge < -0.3 is 5.11 Å². The van der Waals surface area contributed by atoms with Crippen molar-refractivity contribution >= 4 is 33.5 Å². The lowest BCUT2D eigenvalue weighted by atomic mass is 10.1. The van der Waals surface area contributed by atoms with Crippen LogP contribution in [0.1, 0.15) is 17.3 Å². The zero-order chi connectivity index (χ0) is 10.7. The number of benzene rings is 1. The molecule has 1 aromatic carbocycles. The summed E-state index contributed by atoms with van der Waals surface area (Å²) >= 11 is 4.70. The first kappa shape index (κ1) is 11.6. The third-order valence-corrected chi connectivity index (χ3v) is 3.79. The zero-order valence-electron chi connectivity index (χ0n) is 7.95. The molecule has 1 N–H and O–H groups in total. The highest BCUT2D eigenvalue weighted by atomic mass is 79.9. The maximum absolute atomic E-state index is 11.1. The summed E-state index contributed by atoms with van der Waals surface area (Å²) in [5, 5.41) is 9.81. The van der Waals surface area contributed by atoms with E-state index in [1.54, 1.807) is 6.07 Å². The highest BCUT2D eigenvalue weighted by Gasteiger charge is 2.17. The van der Waals surface area contributed by atoms with Crippen molar-refractivity contribution in [3.05, 3.63) is 23.8 Å². The molecular weight excluding hydrogens is 264 g/mol. The summed E-state index contributed by atoms with van der Waals surface area (Å²) in [5.41, 5.74) is 0.629. The topological polar surface area (TPSA) is 37.3 Å². The lowest BCUT2D eigenvalue weighted by Crippen LogP contribution is -2.01. The minimum absolute atomic E-state index is 0.0152. The molecule has 0 aromatic heterocycles. The van der Waals surface area contributed by atoms with E-state index >= 15 is 0 Å². The number of rotatable bonds is 3. The Bertz CT molecular complexity index is 352. The van der Waals surface area contributed by atoms with Crippen LogP contribution in [0.2, 0.25) is 0 Å². The number of carbonyl (C=O) groups is 1. The molecular formula is C10H11BrO2S. The standard InChI is InChI=1S/C10H11BrO2S/c1-6(12)9(11)7-4-3-5-8(14-2)10(7)13/h3-5,9,13H,1-2H3. The molecule has 0 saturated carbocycles. The molecule has 0 aliphatic heterocycles. The first-order chi connectivity index (χ1) is 6.57. The van der Waals surface area contributed by atoms with Gasteiger partial charge in [-0.2, -0.15) is 0 Å². The van der Waals surface area contributed by atoms with Crippen LogP contribution in [-0.4, -0.2) is 17.1 Å². The molecule has 0 heterocycles. The summed E-state index contributed by atoms with van der Waals surface area (Å²) < 4.78 is 0. The van der Waals surface area contributed by atoms with Crippen LogP contribution in [0.4, 0.5) is 0 Å². The molecule has 0 bridgehead atoms. The molecule has 0 radical (unpaired) electrons. The first-order valence-corrected chi connectivity index (χ1v) is 6.22. The largest absolute Gasteiger partial charge is 0.506 e. The third kappa shape index (κ3) is 2.30. The summed E-state index contributed by atoms with van der Waals surface area (Å²) in [7, 11) is 0. The first-order valence-electron chi connectivity index (χ1n) is 4.08. The fraction of sp³-hybridized carbons (Fsp3) is 0.300. The number of para-hydroxylation sites is 1. The molecule has 1 rings (SSSR count). The summed E-state index contributed by atoms with van der Waals surface area (Å²) in [6, 6.07) is 5.40. The number of alkyl halides is 1. The number of ketones is 1. The average molecular weight is 275 g/mol. The van der Waals surface area contributed by atoms with Gasteiger partial charge in [0, 0.05) is 10.5 Å². The van der Waals surface area contributed by atoms with Crippen molar-refractivity contribution in [3.63, 3.8) is 0 Å². The van der Waals surface area contributed by atoms with Crippen LogP contribution in [0.25, 0.3) is 0 Å². The fourth-order valence-electron chi connectivity index (χ4n) is 1.13. The van der Waals surface area contributed by atoms with Gasteiger partial charge in [-0.1, -0.05) is 28.1 Å². The Kier molecular flexibility index (Phi) is 4.01. The van der Waals surface area contributed by atoms with Gasteiger partial charge >= 0.3 is 0 Å². The normalized spacial score (nSPS) is 12.5. The van der Waals surface area contributed by atoms with Crippen molar-refractivity contribution in [1.29, 1.82) is 0 Å². The molecule has 1 atom stereocenters. The van der Waals surface area contributed by atoms with Crippen molar-refractivity contribution in [3.8, 4) is 5.75 Å². The molecule has 0 aliphatic rings. The number of halogens is 1. The monoisotopic (exact) mass is 274 g/mol. The number of thioether (sulfide) groups is 1. The van der Waals surface area contributed by atoms with E-state index < -0.39 is 4.83 Å². The molecule has 4 heteroatoms. The van der Waals surface area contributed by atoms with Crippen LogP contribution >= 0.6 is 27.7 Å². The molecule has 1 unspecified atom stereocenters. The van der Waals surface area contributed by atoms with Gasteiger partial charge in [0.2, 0.25) is 0 Å². The number of carbonyl (C=O) groups excluding carboxylic acids is 1. The maximum Gasteiger partial charge on any atom is 0.147 e. The Morgan fingerprint density at radius 2 is 2.21 bits per heavy atom. The van der Waals surface area contributed by atoms with Crippen LogP contribution in [-0.2, 0) is 4.79 Å². The SMILES string of the molecule is CSc1cccc(C(Br)C(C)=O)c1O. The second-order valence-electron chi connectivity index (χ2n) is 2.87. The smallest absolute Gasteiger partial charge is 0.147 e. The number of Topliss-reactive ketones (excluding diaryl/α,β-unsaturated/α-hetero) is 1. The van der Waals surface area contributed by atoms with Crippen LogP contribution in [0, 0.1) is 0 Å². The van der Waals surface area contributed by atoms with Crippen molar-refractivity contribution in [2.75, 3.05) is 6.26 Å². The van der Waals surface area contributed by atoms with Gasteiger partial charge in [-0.3, -0.25) is 4.79 Å². The van der Waals surface area contributed by atoms with E-state index in [0.29, 0.717) is 5.56 Å². The molecule has 0 spiro atoms. The Labute approximate surface area is 95.8 Å². The second kappa shape index (κ2) is 4.84. The summed E-state index contributed by atoms with van der Waals surface area (Å²) in [6.07, 6.45) is 1.88. The van der Waals surface area contributed by atoms with Gasteiger partial charge in [-0.15, -0.1) is 11.8 Å². The van der Waals surface area contributed by atoms with Crippen LogP contribution in [0.15, 0.2) is 23.1 Å². The predicted octanol–water partition coefficient (Wildman–Crippen LogP) is 3.14. The van der Waals surface area contributed by atoms with Crippen LogP contribution < -0.4 is 0 Å². The summed E-state index contributed by atoms with van der Waals surface area (Å²) in [6.45, 7) is 1.49. The van der Waals surface area contributed by atoms with Gasteiger partial charge in [0.15, 0.2) is 0 Å². The highest BCUT2D eigenvalue weighted by Crippen LogP contribution is 2.37. The van der Waals surface area contributed by atoms with E-state index in [9.17, 15) is 9.90 Å². The van der Waals surface area contributed by atoms with E-state index in [1.165, 1.54) is 18.7 Å². The van der Waals surface area contributed by atoms with Crippen molar-refractivity contribution in [2.45, 2.75) is 16.6 Å². The average Bonchev–Trinajstić information content (AvgIpc) is 2.17. The third-order valence-electron chi connectivity index (χ3n) is 1.88. The number of hydrogen-bond donors (Lipinski definition) is 1. The van der Waals surface area contributed by atoms with Gasteiger partial charge in [0.05, 0.1) is 0 Å². The van der Waals surface area contributed by atoms with E-state index in [-0.39, 0.29) is 11.5 Å². The Morgan fingerprint density at radius 1 is 1.57 bits per heavy atom. The number of hydrogen-bond acceptors (Lipinski definition) is 3. The maximum atomic E-state index is 11.1. The van der Waals surface area contributed by atoms with Gasteiger partial charge in [-0.05, 0) is 19.2 Å². The van der Waals surface area contributed by atoms with Crippen LogP contribution in [0.5, 0.6) is 5.75 Å². The minimum Gasteiger partial charge on any atom is -0.506 e.